The third-order valence-electron chi connectivity index (χ3n) is 3.86. The number of methoxy groups -OCH3 is 1. The first-order chi connectivity index (χ1) is 9.78. The number of ketones is 1. The molecule has 3 rings (SSSR count). The molecule has 3 heteroatoms. The molecule has 102 valence electrons. The molecule has 0 saturated heterocycles. The number of aromatic nitrogens is 1. The maximum absolute atomic E-state index is 12.5. The third kappa shape index (κ3) is 2.44. The number of hydrogen-bond donors (Lipinski definition) is 0. The number of carbonyl (C=O) groups excluding carboxylic acids is 1. The van der Waals surface area contributed by atoms with Crippen LogP contribution in [0.2, 0.25) is 0 Å². The molecule has 1 aromatic heterocycles. The van der Waals surface area contributed by atoms with Crippen LogP contribution in [0.3, 0.4) is 0 Å². The quantitative estimate of drug-likeness (QED) is 0.855. The van der Waals surface area contributed by atoms with Gasteiger partial charge in [0.2, 0.25) is 0 Å². The highest BCUT2D eigenvalue weighted by molar-refractivity contribution is 5.88. The molecule has 3 nitrogen and oxygen atoms in total. The number of carbonyl (C=O) groups is 1. The Labute approximate surface area is 118 Å². The van der Waals surface area contributed by atoms with E-state index in [0.717, 1.165) is 29.8 Å². The summed E-state index contributed by atoms with van der Waals surface area (Å²) in [6, 6.07) is 11.7. The Bertz CT molecular complexity index is 636. The molecule has 2 aromatic rings. The molecule has 1 unspecified atom stereocenters. The van der Waals surface area contributed by atoms with Gasteiger partial charge in [-0.05, 0) is 42.2 Å². The van der Waals surface area contributed by atoms with Crippen molar-refractivity contribution in [2.45, 2.75) is 25.2 Å². The van der Waals surface area contributed by atoms with Crippen LogP contribution in [0.15, 0.2) is 42.6 Å². The Morgan fingerprint density at radius 2 is 2.25 bits per heavy atom. The molecular formula is C17H17NO2. The molecule has 0 aliphatic heterocycles. The van der Waals surface area contributed by atoms with Crippen LogP contribution in [0.1, 0.15) is 29.2 Å². The van der Waals surface area contributed by atoms with Crippen LogP contribution in [-0.2, 0) is 17.6 Å². The summed E-state index contributed by atoms with van der Waals surface area (Å²) in [6.45, 7) is 0. The van der Waals surface area contributed by atoms with Crippen LogP contribution < -0.4 is 4.74 Å². The van der Waals surface area contributed by atoms with Gasteiger partial charge in [-0.15, -0.1) is 0 Å². The number of fused-ring (bicyclic) bond motifs is 1. The zero-order valence-electron chi connectivity index (χ0n) is 11.5. The molecule has 0 radical (unpaired) electrons. The van der Waals surface area contributed by atoms with Crippen LogP contribution in [0, 0.1) is 0 Å². The number of nitrogens with zero attached hydrogens (tertiary/aromatic N) is 1. The first kappa shape index (κ1) is 12.9. The summed E-state index contributed by atoms with van der Waals surface area (Å²) in [6.07, 6.45) is 4.06. The molecule has 0 amide bonds. The minimum atomic E-state index is -0.0441. The smallest absolute Gasteiger partial charge is 0.146 e. The minimum Gasteiger partial charge on any atom is -0.497 e. The van der Waals surface area contributed by atoms with Gasteiger partial charge in [0.25, 0.3) is 0 Å². The van der Waals surface area contributed by atoms with E-state index in [1.165, 1.54) is 5.56 Å². The Kier molecular flexibility index (Phi) is 3.50. The van der Waals surface area contributed by atoms with Crippen LogP contribution >= 0.6 is 0 Å². The fourth-order valence-corrected chi connectivity index (χ4v) is 2.83. The molecule has 20 heavy (non-hydrogen) atoms. The molecule has 0 N–H and O–H groups in total. The number of aryl methyl sites for hydroxylation is 1. The average molecular weight is 267 g/mol. The Morgan fingerprint density at radius 3 is 3.10 bits per heavy atom. The van der Waals surface area contributed by atoms with Crippen molar-refractivity contribution in [2.24, 2.45) is 0 Å². The minimum absolute atomic E-state index is 0.0441. The fourth-order valence-electron chi connectivity index (χ4n) is 2.83. The lowest BCUT2D eigenvalue weighted by atomic mass is 9.95. The van der Waals surface area contributed by atoms with Crippen molar-refractivity contribution in [3.63, 3.8) is 0 Å². The lowest BCUT2D eigenvalue weighted by Crippen LogP contribution is -2.13. The zero-order valence-corrected chi connectivity index (χ0v) is 11.5. The van der Waals surface area contributed by atoms with Crippen molar-refractivity contribution in [1.29, 1.82) is 0 Å². The maximum Gasteiger partial charge on any atom is 0.146 e. The Morgan fingerprint density at radius 1 is 1.35 bits per heavy atom. The van der Waals surface area contributed by atoms with E-state index in [-0.39, 0.29) is 11.7 Å². The fraction of sp³-hybridized carbons (Fsp3) is 0.294. The van der Waals surface area contributed by atoms with E-state index in [0.29, 0.717) is 6.42 Å². The molecular weight excluding hydrogens is 250 g/mol. The van der Waals surface area contributed by atoms with E-state index in [9.17, 15) is 4.79 Å². The predicted octanol–water partition coefficient (Wildman–Crippen LogP) is 2.93. The molecule has 0 bridgehead atoms. The lowest BCUT2D eigenvalue weighted by Gasteiger charge is -2.10. The molecule has 0 fully saturated rings. The monoisotopic (exact) mass is 267 g/mol. The molecule has 1 aromatic carbocycles. The average Bonchev–Trinajstić information content (AvgIpc) is 2.91. The summed E-state index contributed by atoms with van der Waals surface area (Å²) in [5.41, 5.74) is 3.19. The number of pyridine rings is 1. The van der Waals surface area contributed by atoms with Gasteiger partial charge < -0.3 is 4.74 Å². The SMILES string of the molecule is COc1cccc(CC(=O)C2CCc3cccnc32)c1. The number of ether oxygens (including phenoxy) is 1. The van der Waals surface area contributed by atoms with Gasteiger partial charge in [-0.2, -0.15) is 0 Å². The summed E-state index contributed by atoms with van der Waals surface area (Å²) in [4.78, 5) is 16.9. The second kappa shape index (κ2) is 5.45. The molecule has 0 spiro atoms. The predicted molar refractivity (Wildman–Crippen MR) is 77.0 cm³/mol. The van der Waals surface area contributed by atoms with Gasteiger partial charge >= 0.3 is 0 Å². The van der Waals surface area contributed by atoms with Crippen molar-refractivity contribution >= 4 is 5.78 Å². The van der Waals surface area contributed by atoms with Gasteiger partial charge in [-0.3, -0.25) is 9.78 Å². The van der Waals surface area contributed by atoms with E-state index in [1.54, 1.807) is 13.3 Å². The van der Waals surface area contributed by atoms with E-state index >= 15 is 0 Å². The highest BCUT2D eigenvalue weighted by Crippen LogP contribution is 2.32. The van der Waals surface area contributed by atoms with Crippen molar-refractivity contribution in [3.8, 4) is 5.75 Å². The van der Waals surface area contributed by atoms with E-state index in [2.05, 4.69) is 11.1 Å². The number of Topliss-reactive ketones (excluding diaryl/α,β-unsaturated/α-hetero) is 1. The van der Waals surface area contributed by atoms with Crippen LogP contribution in [-0.4, -0.2) is 17.9 Å². The second-order valence-corrected chi connectivity index (χ2v) is 5.13. The van der Waals surface area contributed by atoms with E-state index in [1.807, 2.05) is 30.3 Å². The summed E-state index contributed by atoms with van der Waals surface area (Å²) in [5.74, 6) is 0.994. The van der Waals surface area contributed by atoms with Crippen LogP contribution in [0.5, 0.6) is 5.75 Å². The van der Waals surface area contributed by atoms with Crippen LogP contribution in [0.4, 0.5) is 0 Å². The molecule has 1 heterocycles. The lowest BCUT2D eigenvalue weighted by molar-refractivity contribution is -0.119. The highest BCUT2D eigenvalue weighted by atomic mass is 16.5. The topological polar surface area (TPSA) is 39.2 Å². The van der Waals surface area contributed by atoms with Gasteiger partial charge in [0.1, 0.15) is 11.5 Å². The second-order valence-electron chi connectivity index (χ2n) is 5.13. The molecule has 1 atom stereocenters. The number of rotatable bonds is 4. The standard InChI is InChI=1S/C17H17NO2/c1-20-14-6-2-4-12(10-14)11-16(19)15-8-7-13-5-3-9-18-17(13)15/h2-6,9-10,15H,7-8,11H2,1H3. The Balaban J connectivity index is 1.77. The van der Waals surface area contributed by atoms with Crippen molar-refractivity contribution in [3.05, 3.63) is 59.4 Å². The number of hydrogen-bond acceptors (Lipinski definition) is 3. The third-order valence-corrected chi connectivity index (χ3v) is 3.86. The van der Waals surface area contributed by atoms with Gasteiger partial charge in [-0.25, -0.2) is 0 Å². The largest absolute Gasteiger partial charge is 0.497 e. The Hall–Kier alpha value is -2.16. The van der Waals surface area contributed by atoms with Gasteiger partial charge in [-0.1, -0.05) is 18.2 Å². The first-order valence-electron chi connectivity index (χ1n) is 6.87. The molecule has 1 aliphatic rings. The molecule has 1 aliphatic carbocycles. The summed E-state index contributed by atoms with van der Waals surface area (Å²) in [7, 11) is 1.64. The van der Waals surface area contributed by atoms with Crippen molar-refractivity contribution in [1.82, 2.24) is 4.98 Å². The van der Waals surface area contributed by atoms with Gasteiger partial charge in [0, 0.05) is 12.6 Å². The van der Waals surface area contributed by atoms with Gasteiger partial charge in [0.05, 0.1) is 18.7 Å². The van der Waals surface area contributed by atoms with Crippen molar-refractivity contribution in [2.75, 3.05) is 7.11 Å². The molecule has 0 saturated carbocycles. The first-order valence-corrected chi connectivity index (χ1v) is 6.87. The summed E-state index contributed by atoms with van der Waals surface area (Å²) >= 11 is 0. The zero-order chi connectivity index (χ0) is 13.9. The maximum atomic E-state index is 12.5. The number of benzene rings is 1. The van der Waals surface area contributed by atoms with Crippen molar-refractivity contribution < 1.29 is 9.53 Å². The normalized spacial score (nSPS) is 16.8. The summed E-state index contributed by atoms with van der Waals surface area (Å²) < 4.78 is 5.19. The van der Waals surface area contributed by atoms with Crippen LogP contribution in [0.25, 0.3) is 0 Å². The van der Waals surface area contributed by atoms with E-state index in [4.69, 9.17) is 4.74 Å². The van der Waals surface area contributed by atoms with E-state index < -0.39 is 0 Å². The highest BCUT2D eigenvalue weighted by Gasteiger charge is 2.29. The summed E-state index contributed by atoms with van der Waals surface area (Å²) in [5, 5.41) is 0. The van der Waals surface area contributed by atoms with Gasteiger partial charge in [0.15, 0.2) is 0 Å².